The molecule has 0 saturated carbocycles. The molecule has 2 amide bonds. The quantitative estimate of drug-likeness (QED) is 0.651. The fourth-order valence-corrected chi connectivity index (χ4v) is 2.60. The van der Waals surface area contributed by atoms with Gasteiger partial charge >= 0.3 is 5.97 Å². The number of amides is 2. The molecule has 2 aromatic rings. The van der Waals surface area contributed by atoms with Gasteiger partial charge in [0.15, 0.2) is 11.9 Å². The topological polar surface area (TPSA) is 122 Å². The zero-order valence-corrected chi connectivity index (χ0v) is 14.2. The molecule has 0 aliphatic rings. The lowest BCUT2D eigenvalue weighted by Gasteiger charge is -2.14. The number of carbonyl (C=O) groups is 3. The molecule has 0 aliphatic carbocycles. The molecule has 0 bridgehead atoms. The summed E-state index contributed by atoms with van der Waals surface area (Å²) in [6, 6.07) is 8.85. The Kier molecular flexibility index (Phi) is 6.58. The first kappa shape index (κ1) is 18.5. The van der Waals surface area contributed by atoms with Crippen LogP contribution in [0.2, 0.25) is 0 Å². The van der Waals surface area contributed by atoms with Crippen LogP contribution >= 0.6 is 11.8 Å². The third-order valence-electron chi connectivity index (χ3n) is 3.05. The number of benzene rings is 1. The fourth-order valence-electron chi connectivity index (χ4n) is 1.98. The minimum Gasteiger partial charge on any atom is -0.479 e. The van der Waals surface area contributed by atoms with E-state index in [0.29, 0.717) is 17.1 Å². The molecular formula is C16H17N3O5S. The van der Waals surface area contributed by atoms with Crippen LogP contribution in [0.3, 0.4) is 0 Å². The number of nitrogens with one attached hydrogen (secondary N) is 2. The average molecular weight is 363 g/mol. The molecule has 0 radical (unpaired) electrons. The summed E-state index contributed by atoms with van der Waals surface area (Å²) in [5, 5.41) is 17.9. The van der Waals surface area contributed by atoms with Crippen LogP contribution in [0.25, 0.3) is 0 Å². The molecule has 0 fully saturated rings. The van der Waals surface area contributed by atoms with Crippen LogP contribution in [0.5, 0.6) is 0 Å². The lowest BCUT2D eigenvalue weighted by Crippen LogP contribution is -2.35. The van der Waals surface area contributed by atoms with Crippen molar-refractivity contribution in [1.29, 1.82) is 0 Å². The molecular weight excluding hydrogens is 346 g/mol. The highest BCUT2D eigenvalue weighted by Gasteiger charge is 2.21. The fraction of sp³-hybridized carbons (Fsp3) is 0.250. The van der Waals surface area contributed by atoms with Gasteiger partial charge in [-0.25, -0.2) is 4.79 Å². The van der Waals surface area contributed by atoms with E-state index in [1.165, 1.54) is 0 Å². The van der Waals surface area contributed by atoms with E-state index in [9.17, 15) is 19.5 Å². The van der Waals surface area contributed by atoms with Crippen molar-refractivity contribution < 1.29 is 24.0 Å². The first-order valence-electron chi connectivity index (χ1n) is 7.33. The summed E-state index contributed by atoms with van der Waals surface area (Å²) in [6.45, 7) is 1.70. The third-order valence-corrected chi connectivity index (χ3v) is 3.98. The van der Waals surface area contributed by atoms with Gasteiger partial charge in [-0.1, -0.05) is 35.5 Å². The molecule has 0 unspecified atom stereocenters. The van der Waals surface area contributed by atoms with Crippen LogP contribution in [-0.4, -0.2) is 39.6 Å². The number of anilines is 1. The second kappa shape index (κ2) is 8.88. The van der Waals surface area contributed by atoms with E-state index in [0.717, 1.165) is 11.8 Å². The Bertz CT molecular complexity index is 747. The Morgan fingerprint density at radius 1 is 1.20 bits per heavy atom. The normalized spacial score (nSPS) is 11.6. The van der Waals surface area contributed by atoms with Crippen molar-refractivity contribution in [2.75, 3.05) is 16.8 Å². The molecule has 0 aliphatic heterocycles. The van der Waals surface area contributed by atoms with Gasteiger partial charge in [0.2, 0.25) is 11.8 Å². The molecule has 2 rings (SSSR count). The number of hydrogen-bond acceptors (Lipinski definition) is 6. The van der Waals surface area contributed by atoms with Crippen molar-refractivity contribution in [1.82, 2.24) is 10.5 Å². The smallest absolute Gasteiger partial charge is 0.330 e. The third kappa shape index (κ3) is 5.96. The summed E-state index contributed by atoms with van der Waals surface area (Å²) in [4.78, 5) is 35.0. The Labute approximate surface area is 148 Å². The maximum absolute atomic E-state index is 11.9. The van der Waals surface area contributed by atoms with Crippen molar-refractivity contribution in [3.05, 3.63) is 47.7 Å². The summed E-state index contributed by atoms with van der Waals surface area (Å²) in [7, 11) is 0. The van der Waals surface area contributed by atoms with Crippen LogP contribution in [-0.2, 0) is 14.4 Å². The average Bonchev–Trinajstić information content (AvgIpc) is 2.98. The second-order valence-corrected chi connectivity index (χ2v) is 6.10. The van der Waals surface area contributed by atoms with Gasteiger partial charge in [-0.05, 0) is 12.5 Å². The minimum absolute atomic E-state index is 0.0302. The van der Waals surface area contributed by atoms with Crippen LogP contribution < -0.4 is 10.6 Å². The highest BCUT2D eigenvalue weighted by molar-refractivity contribution is 8.00. The maximum Gasteiger partial charge on any atom is 0.330 e. The molecule has 132 valence electrons. The van der Waals surface area contributed by atoms with E-state index in [2.05, 4.69) is 15.8 Å². The molecule has 25 heavy (non-hydrogen) atoms. The highest BCUT2D eigenvalue weighted by Crippen LogP contribution is 2.13. The Morgan fingerprint density at radius 2 is 1.88 bits per heavy atom. The molecule has 1 aromatic carbocycles. The molecule has 8 nitrogen and oxygen atoms in total. The van der Waals surface area contributed by atoms with Gasteiger partial charge in [-0.2, -0.15) is 0 Å². The number of carboxylic acids is 1. The van der Waals surface area contributed by atoms with Crippen LogP contribution in [0.1, 0.15) is 17.4 Å². The molecule has 3 N–H and O–H groups in total. The predicted octanol–water partition coefficient (Wildman–Crippen LogP) is 1.60. The largest absolute Gasteiger partial charge is 0.479 e. The van der Waals surface area contributed by atoms with Gasteiger partial charge in [-0.3, -0.25) is 9.59 Å². The molecule has 0 spiro atoms. The van der Waals surface area contributed by atoms with E-state index in [1.807, 2.05) is 0 Å². The van der Waals surface area contributed by atoms with Gasteiger partial charge in [-0.15, -0.1) is 11.8 Å². The molecule has 9 heteroatoms. The van der Waals surface area contributed by atoms with Crippen molar-refractivity contribution in [2.45, 2.75) is 13.0 Å². The number of aromatic nitrogens is 1. The zero-order valence-electron chi connectivity index (χ0n) is 13.4. The number of carbonyl (C=O) groups excluding carboxylic acids is 2. The van der Waals surface area contributed by atoms with Crippen molar-refractivity contribution in [2.24, 2.45) is 0 Å². The van der Waals surface area contributed by atoms with Gasteiger partial charge in [0.25, 0.3) is 0 Å². The first-order chi connectivity index (χ1) is 12.0. The van der Waals surface area contributed by atoms with Gasteiger partial charge in [0, 0.05) is 6.07 Å². The lowest BCUT2D eigenvalue weighted by molar-refractivity contribution is -0.141. The monoisotopic (exact) mass is 363 g/mol. The van der Waals surface area contributed by atoms with E-state index >= 15 is 0 Å². The van der Waals surface area contributed by atoms with Crippen LogP contribution in [0, 0.1) is 6.92 Å². The summed E-state index contributed by atoms with van der Waals surface area (Å²) < 4.78 is 4.83. The van der Waals surface area contributed by atoms with E-state index in [1.54, 1.807) is 43.3 Å². The Balaban J connectivity index is 1.77. The number of rotatable bonds is 8. The summed E-state index contributed by atoms with van der Waals surface area (Å²) in [5.41, 5.74) is 0.479. The number of aliphatic carboxylic acids is 1. The molecule has 1 heterocycles. The standard InChI is InChI=1S/C16H17N3O5S/c1-10-7-12(19-24-10)17-13(20)8-25-9-14(21)18-15(16(22)23)11-5-3-2-4-6-11/h2-7,15H,8-9H2,1H3,(H,18,21)(H,22,23)(H,17,19,20)/t15-/m0/s1. The lowest BCUT2D eigenvalue weighted by atomic mass is 10.1. The van der Waals surface area contributed by atoms with Crippen molar-refractivity contribution in [3.8, 4) is 0 Å². The van der Waals surface area contributed by atoms with Crippen LogP contribution in [0.4, 0.5) is 5.82 Å². The number of thioether (sulfide) groups is 1. The molecule has 1 atom stereocenters. The predicted molar refractivity (Wildman–Crippen MR) is 92.2 cm³/mol. The number of hydrogen-bond donors (Lipinski definition) is 3. The van der Waals surface area contributed by atoms with Crippen molar-refractivity contribution >= 4 is 35.4 Å². The second-order valence-electron chi connectivity index (χ2n) is 5.11. The Hall–Kier alpha value is -2.81. The summed E-state index contributed by atoms with van der Waals surface area (Å²) in [5.74, 6) is -1.07. The minimum atomic E-state index is -1.15. The van der Waals surface area contributed by atoms with Crippen molar-refractivity contribution in [3.63, 3.8) is 0 Å². The maximum atomic E-state index is 11.9. The van der Waals surface area contributed by atoms with E-state index in [-0.39, 0.29) is 17.4 Å². The van der Waals surface area contributed by atoms with E-state index < -0.39 is 17.9 Å². The summed E-state index contributed by atoms with van der Waals surface area (Å²) in [6.07, 6.45) is 0. The highest BCUT2D eigenvalue weighted by atomic mass is 32.2. The first-order valence-corrected chi connectivity index (χ1v) is 8.49. The zero-order chi connectivity index (χ0) is 18.2. The molecule has 0 saturated heterocycles. The van der Waals surface area contributed by atoms with Gasteiger partial charge < -0.3 is 20.3 Å². The van der Waals surface area contributed by atoms with Crippen LogP contribution in [0.15, 0.2) is 40.9 Å². The van der Waals surface area contributed by atoms with Gasteiger partial charge in [0.05, 0.1) is 11.5 Å². The molecule has 1 aromatic heterocycles. The Morgan fingerprint density at radius 3 is 2.48 bits per heavy atom. The number of nitrogens with zero attached hydrogens (tertiary/aromatic N) is 1. The number of aryl methyl sites for hydroxylation is 1. The number of carboxylic acid groups (broad SMARTS) is 1. The van der Waals surface area contributed by atoms with E-state index in [4.69, 9.17) is 4.52 Å². The SMILES string of the molecule is Cc1cc(NC(=O)CSCC(=O)N[C@H](C(=O)O)c2ccccc2)no1. The van der Waals surface area contributed by atoms with Gasteiger partial charge in [0.1, 0.15) is 5.76 Å². The summed E-state index contributed by atoms with van der Waals surface area (Å²) >= 11 is 1.07.